The van der Waals surface area contributed by atoms with Crippen LogP contribution in [0.3, 0.4) is 0 Å². The Morgan fingerprint density at radius 2 is 1.82 bits per heavy atom. The number of carboxylic acids is 1. The molecule has 1 aliphatic rings. The van der Waals surface area contributed by atoms with Gasteiger partial charge in [-0.3, -0.25) is 4.57 Å². The lowest BCUT2D eigenvalue weighted by Crippen LogP contribution is -2.33. The van der Waals surface area contributed by atoms with Crippen LogP contribution in [0.4, 0.5) is 0 Å². The zero-order valence-electron chi connectivity index (χ0n) is 14.4. The molecule has 0 aliphatic carbocycles. The van der Waals surface area contributed by atoms with Crippen molar-refractivity contribution >= 4 is 17.1 Å². The van der Waals surface area contributed by atoms with E-state index in [0.717, 1.165) is 6.33 Å². The number of aliphatic hydroxyl groups is 3. The topological polar surface area (TPSA) is 171 Å². The average Bonchev–Trinajstić information content (AvgIpc) is 3.25. The molecule has 28 heavy (non-hydrogen) atoms. The van der Waals surface area contributed by atoms with Crippen molar-refractivity contribution in [3.05, 3.63) is 48.5 Å². The van der Waals surface area contributed by atoms with E-state index in [1.54, 1.807) is 30.3 Å². The van der Waals surface area contributed by atoms with Crippen LogP contribution in [0.25, 0.3) is 11.2 Å². The number of fused-ring (bicyclic) bond motifs is 1. The minimum atomic E-state index is -1.23. The van der Waals surface area contributed by atoms with Crippen molar-refractivity contribution in [3.8, 4) is 5.88 Å². The lowest BCUT2D eigenvalue weighted by molar-refractivity contribution is -0.0511. The van der Waals surface area contributed by atoms with Gasteiger partial charge in [-0.25, -0.2) is 14.8 Å². The minimum Gasteiger partial charge on any atom is -0.492 e. The molecule has 0 bridgehead atoms. The van der Waals surface area contributed by atoms with Gasteiger partial charge in [0.1, 0.15) is 24.6 Å². The van der Waals surface area contributed by atoms with Crippen molar-refractivity contribution in [2.24, 2.45) is 0 Å². The van der Waals surface area contributed by atoms with E-state index in [0.29, 0.717) is 5.56 Å². The smallest absolute Gasteiger partial charge is 0.335 e. The fraction of sp³-hybridized carbons (Fsp3) is 0.294. The molecule has 0 saturated carbocycles. The molecular formula is C17H18N4O7. The Kier molecular flexibility index (Phi) is 5.80. The Labute approximate surface area is 158 Å². The molecule has 0 spiro atoms. The van der Waals surface area contributed by atoms with Gasteiger partial charge < -0.3 is 30.3 Å². The van der Waals surface area contributed by atoms with Gasteiger partial charge in [-0.05, 0) is 12.1 Å². The first kappa shape index (κ1) is 19.6. The highest BCUT2D eigenvalue weighted by Crippen LogP contribution is 2.32. The Morgan fingerprint density at radius 3 is 2.39 bits per heavy atom. The molecule has 1 aromatic carbocycles. The van der Waals surface area contributed by atoms with Crippen molar-refractivity contribution in [2.75, 3.05) is 6.61 Å². The normalized spacial score (nSPS) is 24.0. The number of aromatic carboxylic acids is 1. The van der Waals surface area contributed by atoms with E-state index in [2.05, 4.69) is 15.0 Å². The van der Waals surface area contributed by atoms with Crippen molar-refractivity contribution in [1.82, 2.24) is 19.5 Å². The molecule has 5 N–H and O–H groups in total. The molecule has 0 amide bonds. The number of carbonyl (C=O) groups is 1. The van der Waals surface area contributed by atoms with Crippen molar-refractivity contribution < 1.29 is 35.1 Å². The van der Waals surface area contributed by atoms with Gasteiger partial charge in [0.2, 0.25) is 5.88 Å². The van der Waals surface area contributed by atoms with Gasteiger partial charge in [-0.15, -0.1) is 0 Å². The molecule has 3 heterocycles. The number of hydrogen-bond donors (Lipinski definition) is 5. The quantitative estimate of drug-likeness (QED) is 0.394. The number of ether oxygens (including phenoxy) is 1. The number of rotatable bonds is 3. The lowest BCUT2D eigenvalue weighted by Gasteiger charge is -2.16. The monoisotopic (exact) mass is 390 g/mol. The summed E-state index contributed by atoms with van der Waals surface area (Å²) >= 11 is 0. The van der Waals surface area contributed by atoms with Gasteiger partial charge in [0, 0.05) is 0 Å². The third-order valence-corrected chi connectivity index (χ3v) is 4.15. The maximum absolute atomic E-state index is 10.2. The molecule has 4 rings (SSSR count). The van der Waals surface area contributed by atoms with Gasteiger partial charge in [0.05, 0.1) is 18.5 Å². The largest absolute Gasteiger partial charge is 0.492 e. The van der Waals surface area contributed by atoms with Crippen LogP contribution >= 0.6 is 0 Å². The first-order valence-electron chi connectivity index (χ1n) is 8.21. The first-order valence-corrected chi connectivity index (χ1v) is 8.21. The van der Waals surface area contributed by atoms with Crippen LogP contribution < -0.4 is 0 Å². The van der Waals surface area contributed by atoms with Crippen molar-refractivity contribution in [2.45, 2.75) is 24.5 Å². The van der Waals surface area contributed by atoms with E-state index in [-0.39, 0.29) is 17.0 Å². The molecule has 3 aromatic rings. The summed E-state index contributed by atoms with van der Waals surface area (Å²) in [5.41, 5.74) is 0.764. The molecule has 1 saturated heterocycles. The second-order valence-corrected chi connectivity index (χ2v) is 5.92. The van der Waals surface area contributed by atoms with E-state index in [1.165, 1.54) is 10.9 Å². The van der Waals surface area contributed by atoms with Gasteiger partial charge in [-0.2, -0.15) is 4.98 Å². The van der Waals surface area contributed by atoms with Crippen LogP contribution in [0.5, 0.6) is 5.88 Å². The number of carboxylic acid groups (broad SMARTS) is 1. The lowest BCUT2D eigenvalue weighted by atomic mass is 10.1. The van der Waals surface area contributed by atoms with E-state index in [4.69, 9.17) is 14.9 Å². The van der Waals surface area contributed by atoms with E-state index >= 15 is 0 Å². The van der Waals surface area contributed by atoms with Crippen LogP contribution in [0.2, 0.25) is 0 Å². The highest BCUT2D eigenvalue weighted by Gasteiger charge is 2.44. The molecule has 4 atom stereocenters. The summed E-state index contributed by atoms with van der Waals surface area (Å²) in [6.07, 6.45) is -1.79. The summed E-state index contributed by atoms with van der Waals surface area (Å²) in [4.78, 5) is 21.7. The van der Waals surface area contributed by atoms with Crippen LogP contribution in [-0.4, -0.2) is 75.9 Å². The van der Waals surface area contributed by atoms with Crippen LogP contribution in [0.15, 0.2) is 43.0 Å². The molecule has 1 fully saturated rings. The van der Waals surface area contributed by atoms with Gasteiger partial charge >= 0.3 is 5.97 Å². The second kappa shape index (κ2) is 8.27. The summed E-state index contributed by atoms with van der Waals surface area (Å²) in [5.74, 6) is -1.16. The molecule has 11 heteroatoms. The number of imidazole rings is 1. The number of hydrogen-bond acceptors (Lipinski definition) is 9. The Bertz CT molecular complexity index is 949. The van der Waals surface area contributed by atoms with Crippen molar-refractivity contribution in [1.29, 1.82) is 0 Å². The van der Waals surface area contributed by atoms with E-state index in [9.17, 15) is 20.1 Å². The predicted octanol–water partition coefficient (Wildman–Crippen LogP) is -0.472. The van der Waals surface area contributed by atoms with Gasteiger partial charge in [-0.1, -0.05) is 18.2 Å². The Balaban J connectivity index is 0.000000211. The SMILES string of the molecule is O=C(O)c1ccccc1.OC[C@H]1O[C@@H](n2cnc3c(O)ncnc32)[C@H](O)[C@@H]1O. The fourth-order valence-corrected chi connectivity index (χ4v) is 2.72. The van der Waals surface area contributed by atoms with Crippen LogP contribution in [-0.2, 0) is 4.74 Å². The fourth-order valence-electron chi connectivity index (χ4n) is 2.72. The summed E-state index contributed by atoms with van der Waals surface area (Å²) in [5, 5.41) is 46.6. The maximum Gasteiger partial charge on any atom is 0.335 e. The Hall–Kier alpha value is -3.12. The minimum absolute atomic E-state index is 0.167. The Morgan fingerprint density at radius 1 is 1.11 bits per heavy atom. The third-order valence-electron chi connectivity index (χ3n) is 4.15. The number of aliphatic hydroxyl groups excluding tert-OH is 3. The molecule has 0 unspecified atom stereocenters. The standard InChI is InChI=1S/C10H12N4O5.C7H6O2/c15-1-4-6(16)7(17)10(19-4)14-3-13-5-8(14)11-2-12-9(5)18;8-7(9)6-4-2-1-3-5-6/h2-4,6-7,10,15-17H,1H2,(H,11,12,18);1-5H,(H,8,9)/t4-,6-,7-,10-;/m1./s1. The zero-order chi connectivity index (χ0) is 20.3. The molecule has 148 valence electrons. The van der Waals surface area contributed by atoms with E-state index < -0.39 is 37.1 Å². The highest BCUT2D eigenvalue weighted by molar-refractivity contribution is 5.87. The molecule has 11 nitrogen and oxygen atoms in total. The third kappa shape index (κ3) is 3.77. The molecule has 1 aliphatic heterocycles. The van der Waals surface area contributed by atoms with Gasteiger partial charge in [0.15, 0.2) is 17.4 Å². The number of benzene rings is 1. The summed E-state index contributed by atoms with van der Waals surface area (Å²) < 4.78 is 6.73. The maximum atomic E-state index is 10.2. The zero-order valence-corrected chi connectivity index (χ0v) is 14.4. The number of aromatic hydroxyl groups is 1. The highest BCUT2D eigenvalue weighted by atomic mass is 16.6. The van der Waals surface area contributed by atoms with Crippen LogP contribution in [0, 0.1) is 0 Å². The first-order chi connectivity index (χ1) is 13.4. The number of nitrogens with zero attached hydrogens (tertiary/aromatic N) is 4. The van der Waals surface area contributed by atoms with Crippen LogP contribution in [0.1, 0.15) is 16.6 Å². The number of aromatic nitrogens is 4. The summed E-state index contributed by atoms with van der Waals surface area (Å²) in [6, 6.07) is 8.30. The average molecular weight is 390 g/mol. The predicted molar refractivity (Wildman–Crippen MR) is 93.4 cm³/mol. The summed E-state index contributed by atoms with van der Waals surface area (Å²) in [7, 11) is 0. The second-order valence-electron chi connectivity index (χ2n) is 5.92. The van der Waals surface area contributed by atoms with Gasteiger partial charge in [0.25, 0.3) is 0 Å². The molecular weight excluding hydrogens is 372 g/mol. The van der Waals surface area contributed by atoms with Crippen molar-refractivity contribution in [3.63, 3.8) is 0 Å². The molecule has 2 aromatic heterocycles. The molecule has 0 radical (unpaired) electrons. The summed E-state index contributed by atoms with van der Waals surface area (Å²) in [6.45, 7) is -0.415. The van der Waals surface area contributed by atoms with E-state index in [1.807, 2.05) is 0 Å².